The number of hydrogen-bond donors (Lipinski definition) is 1. The van der Waals surface area contributed by atoms with Crippen LogP contribution in [0.15, 0.2) is 54.7 Å². The van der Waals surface area contributed by atoms with Crippen molar-refractivity contribution in [2.45, 2.75) is 25.3 Å². The highest BCUT2D eigenvalue weighted by atomic mass is 19.1. The van der Waals surface area contributed by atoms with E-state index >= 15 is 0 Å². The van der Waals surface area contributed by atoms with Crippen LogP contribution in [0.1, 0.15) is 39.5 Å². The lowest BCUT2D eigenvalue weighted by molar-refractivity contribution is 0.0962. The molecule has 0 spiro atoms. The average Bonchev–Trinajstić information content (AvgIpc) is 2.66. The topological polar surface area (TPSA) is 54.9 Å². The molecule has 0 bridgehead atoms. The van der Waals surface area contributed by atoms with Crippen LogP contribution in [0.5, 0.6) is 0 Å². The number of hydrogen-bond acceptors (Lipinski definition) is 4. The Morgan fingerprint density at radius 2 is 1.78 bits per heavy atom. The number of benzene rings is 2. The van der Waals surface area contributed by atoms with Gasteiger partial charge in [-0.1, -0.05) is 30.3 Å². The average molecular weight is 365 g/mol. The summed E-state index contributed by atoms with van der Waals surface area (Å²) in [6.07, 6.45) is 2.16. The van der Waals surface area contributed by atoms with Gasteiger partial charge in [0.05, 0.1) is 11.3 Å². The number of anilines is 1. The second-order valence-electron chi connectivity index (χ2n) is 6.62. The molecule has 1 N–H and O–H groups in total. The van der Waals surface area contributed by atoms with Crippen LogP contribution in [-0.2, 0) is 13.0 Å². The molecule has 6 heteroatoms. The van der Waals surface area contributed by atoms with Crippen molar-refractivity contribution in [1.29, 1.82) is 0 Å². The molecule has 0 saturated carbocycles. The number of carbonyl (C=O) groups is 1. The van der Waals surface area contributed by atoms with E-state index in [-0.39, 0.29) is 18.1 Å². The summed E-state index contributed by atoms with van der Waals surface area (Å²) in [6.45, 7) is 0.562. The Morgan fingerprint density at radius 3 is 2.52 bits per heavy atom. The maximum absolute atomic E-state index is 13.5. The van der Waals surface area contributed by atoms with Gasteiger partial charge in [0.2, 0.25) is 5.95 Å². The van der Waals surface area contributed by atoms with Crippen molar-refractivity contribution in [3.63, 3.8) is 0 Å². The van der Waals surface area contributed by atoms with E-state index in [0.29, 0.717) is 35.7 Å². The molecule has 1 aliphatic rings. The van der Waals surface area contributed by atoms with Crippen molar-refractivity contribution in [1.82, 2.24) is 9.97 Å². The van der Waals surface area contributed by atoms with Crippen molar-refractivity contribution < 1.29 is 13.6 Å². The number of ketones is 1. The highest BCUT2D eigenvalue weighted by Crippen LogP contribution is 2.32. The minimum Gasteiger partial charge on any atom is -0.350 e. The Hall–Kier alpha value is -3.15. The highest BCUT2D eigenvalue weighted by Gasteiger charge is 2.28. The van der Waals surface area contributed by atoms with Gasteiger partial charge < -0.3 is 5.32 Å². The van der Waals surface area contributed by atoms with Gasteiger partial charge in [0.1, 0.15) is 11.6 Å². The second-order valence-corrected chi connectivity index (χ2v) is 6.62. The zero-order valence-corrected chi connectivity index (χ0v) is 14.5. The first kappa shape index (κ1) is 17.3. The Morgan fingerprint density at radius 1 is 1.04 bits per heavy atom. The van der Waals surface area contributed by atoms with E-state index in [1.807, 2.05) is 30.3 Å². The summed E-state index contributed by atoms with van der Waals surface area (Å²) in [7, 11) is 0. The maximum atomic E-state index is 13.5. The van der Waals surface area contributed by atoms with Gasteiger partial charge in [-0.3, -0.25) is 4.79 Å². The summed E-state index contributed by atoms with van der Waals surface area (Å²) in [4.78, 5) is 21.1. The number of fused-ring (bicyclic) bond motifs is 1. The van der Waals surface area contributed by atoms with Gasteiger partial charge in [0.15, 0.2) is 5.78 Å². The van der Waals surface area contributed by atoms with Gasteiger partial charge in [-0.2, -0.15) is 0 Å². The number of halogens is 2. The fourth-order valence-electron chi connectivity index (χ4n) is 3.35. The zero-order chi connectivity index (χ0) is 18.8. The van der Waals surface area contributed by atoms with Gasteiger partial charge in [-0.25, -0.2) is 18.7 Å². The third kappa shape index (κ3) is 3.84. The number of Topliss-reactive ketones (excluding diaryl/α,β-unsaturated/α-hetero) is 1. The quantitative estimate of drug-likeness (QED) is 0.750. The summed E-state index contributed by atoms with van der Waals surface area (Å²) >= 11 is 0. The summed E-state index contributed by atoms with van der Waals surface area (Å²) in [6, 6.07) is 13.2. The van der Waals surface area contributed by atoms with Crippen LogP contribution < -0.4 is 5.32 Å². The summed E-state index contributed by atoms with van der Waals surface area (Å²) in [5.41, 5.74) is 2.65. The Balaban J connectivity index is 1.56. The van der Waals surface area contributed by atoms with Gasteiger partial charge >= 0.3 is 0 Å². The Bertz CT molecular complexity index is 972. The lowest BCUT2D eigenvalue weighted by Crippen LogP contribution is -2.21. The first-order valence-corrected chi connectivity index (χ1v) is 8.71. The minimum atomic E-state index is -0.642. The largest absolute Gasteiger partial charge is 0.350 e. The molecule has 4 nitrogen and oxygen atoms in total. The van der Waals surface area contributed by atoms with E-state index in [1.54, 1.807) is 0 Å². The van der Waals surface area contributed by atoms with Crippen LogP contribution in [0.4, 0.5) is 14.7 Å². The second kappa shape index (κ2) is 7.23. The lowest BCUT2D eigenvalue weighted by Gasteiger charge is -2.23. The minimum absolute atomic E-state index is 0.111. The Kier molecular flexibility index (Phi) is 4.62. The number of nitrogens with one attached hydrogen (secondary N) is 1. The Labute approximate surface area is 155 Å². The SMILES string of the molecule is O=C1C[C@H](c2cc(F)cc(F)c2)Cc2nc(NCc3ccccc3)ncc21. The van der Waals surface area contributed by atoms with E-state index in [0.717, 1.165) is 11.6 Å². The molecule has 2 aromatic carbocycles. The molecule has 0 fully saturated rings. The van der Waals surface area contributed by atoms with Crippen LogP contribution in [0.2, 0.25) is 0 Å². The molecule has 0 amide bonds. The molecular formula is C21H17F2N3O. The molecule has 27 heavy (non-hydrogen) atoms. The predicted octanol–water partition coefficient (Wildman–Crippen LogP) is 4.28. The number of rotatable bonds is 4. The van der Waals surface area contributed by atoms with E-state index in [1.165, 1.54) is 18.3 Å². The van der Waals surface area contributed by atoms with E-state index in [2.05, 4.69) is 15.3 Å². The molecule has 1 heterocycles. The van der Waals surface area contributed by atoms with Crippen molar-refractivity contribution in [2.24, 2.45) is 0 Å². The zero-order valence-electron chi connectivity index (χ0n) is 14.5. The van der Waals surface area contributed by atoms with Crippen molar-refractivity contribution >= 4 is 11.7 Å². The third-order valence-corrected chi connectivity index (χ3v) is 4.69. The molecule has 1 aromatic heterocycles. The summed E-state index contributed by atoms with van der Waals surface area (Å²) in [5.74, 6) is -1.27. The molecule has 0 radical (unpaired) electrons. The van der Waals surface area contributed by atoms with Crippen molar-refractivity contribution in [2.75, 3.05) is 5.32 Å². The van der Waals surface area contributed by atoms with Gasteiger partial charge in [-0.15, -0.1) is 0 Å². The maximum Gasteiger partial charge on any atom is 0.223 e. The molecule has 0 aliphatic heterocycles. The molecule has 1 atom stereocenters. The fourth-order valence-corrected chi connectivity index (χ4v) is 3.35. The molecule has 1 aliphatic carbocycles. The van der Waals surface area contributed by atoms with Crippen LogP contribution >= 0.6 is 0 Å². The normalized spacial score (nSPS) is 16.1. The van der Waals surface area contributed by atoms with E-state index < -0.39 is 11.6 Å². The van der Waals surface area contributed by atoms with Gasteiger partial charge in [0, 0.05) is 25.2 Å². The summed E-state index contributed by atoms with van der Waals surface area (Å²) < 4.78 is 27.1. The third-order valence-electron chi connectivity index (χ3n) is 4.69. The number of aromatic nitrogens is 2. The first-order chi connectivity index (χ1) is 13.1. The van der Waals surface area contributed by atoms with Crippen molar-refractivity contribution in [3.05, 3.63) is 88.7 Å². The van der Waals surface area contributed by atoms with Crippen molar-refractivity contribution in [3.8, 4) is 0 Å². The molecule has 4 rings (SSSR count). The van der Waals surface area contributed by atoms with Gasteiger partial charge in [-0.05, 0) is 35.6 Å². The van der Waals surface area contributed by atoms with Crippen LogP contribution in [0.3, 0.4) is 0 Å². The van der Waals surface area contributed by atoms with Crippen LogP contribution in [-0.4, -0.2) is 15.8 Å². The summed E-state index contributed by atoms with van der Waals surface area (Å²) in [5, 5.41) is 3.15. The number of carbonyl (C=O) groups excluding carboxylic acids is 1. The lowest BCUT2D eigenvalue weighted by atomic mass is 9.82. The molecule has 0 saturated heterocycles. The first-order valence-electron chi connectivity index (χ1n) is 8.71. The monoisotopic (exact) mass is 365 g/mol. The highest BCUT2D eigenvalue weighted by molar-refractivity contribution is 5.98. The molecule has 3 aromatic rings. The molecule has 0 unspecified atom stereocenters. The standard InChI is InChI=1S/C21H17F2N3O/c22-16-6-14(7-17(23)10-16)15-8-19-18(20(27)9-15)12-25-21(26-19)24-11-13-4-2-1-3-5-13/h1-7,10,12,15H,8-9,11H2,(H,24,25,26)/t15-/m1/s1. The predicted molar refractivity (Wildman–Crippen MR) is 97.6 cm³/mol. The molecular weight excluding hydrogens is 348 g/mol. The van der Waals surface area contributed by atoms with Crippen LogP contribution in [0.25, 0.3) is 0 Å². The fraction of sp³-hybridized carbons (Fsp3) is 0.190. The van der Waals surface area contributed by atoms with Gasteiger partial charge in [0.25, 0.3) is 0 Å². The van der Waals surface area contributed by atoms with E-state index in [4.69, 9.17) is 0 Å². The van der Waals surface area contributed by atoms with E-state index in [9.17, 15) is 13.6 Å². The molecule has 136 valence electrons. The van der Waals surface area contributed by atoms with Crippen LogP contribution in [0, 0.1) is 11.6 Å². The number of nitrogens with zero attached hydrogens (tertiary/aromatic N) is 2. The smallest absolute Gasteiger partial charge is 0.223 e.